The molecular weight excluding hydrogens is 122 g/mol. The van der Waals surface area contributed by atoms with Crippen LogP contribution in [0.1, 0.15) is 19.8 Å². The second-order valence-electron chi connectivity index (χ2n) is 2.75. The molecule has 0 aliphatic carbocycles. The molecule has 0 aromatic heterocycles. The van der Waals surface area contributed by atoms with Crippen LogP contribution >= 0.6 is 0 Å². The lowest BCUT2D eigenvalue weighted by Gasteiger charge is -2.25. The van der Waals surface area contributed by atoms with Crippen molar-refractivity contribution >= 4 is 0 Å². The van der Waals surface area contributed by atoms with Gasteiger partial charge in [-0.2, -0.15) is 0 Å². The zero-order valence-corrected chi connectivity index (χ0v) is 6.75. The van der Waals surface area contributed by atoms with Crippen molar-refractivity contribution in [2.24, 2.45) is 0 Å². The number of allylic oxidation sites excluding steroid dienone is 2. The van der Waals surface area contributed by atoms with Gasteiger partial charge >= 0.3 is 0 Å². The molecule has 0 spiro atoms. The Bertz CT molecular complexity index is 147. The SMILES string of the molecule is CCCC1C=CC=CN1C. The Kier molecular flexibility index (Phi) is 2.55. The first-order valence-electron chi connectivity index (χ1n) is 3.91. The van der Waals surface area contributed by atoms with Crippen LogP contribution in [0.3, 0.4) is 0 Å². The number of likely N-dealkylation sites (N-methyl/N-ethyl adjacent to an activating group) is 1. The minimum Gasteiger partial charge on any atom is -0.374 e. The summed E-state index contributed by atoms with van der Waals surface area (Å²) in [7, 11) is 2.13. The molecule has 0 radical (unpaired) electrons. The molecule has 1 aliphatic heterocycles. The van der Waals surface area contributed by atoms with Gasteiger partial charge in [0.05, 0.1) is 0 Å². The van der Waals surface area contributed by atoms with Crippen molar-refractivity contribution in [1.29, 1.82) is 0 Å². The van der Waals surface area contributed by atoms with Crippen molar-refractivity contribution < 1.29 is 0 Å². The molecule has 0 aromatic rings. The second-order valence-corrected chi connectivity index (χ2v) is 2.75. The van der Waals surface area contributed by atoms with E-state index in [1.54, 1.807) is 0 Å². The summed E-state index contributed by atoms with van der Waals surface area (Å²) in [6.45, 7) is 2.22. The van der Waals surface area contributed by atoms with Gasteiger partial charge in [0.1, 0.15) is 0 Å². The highest BCUT2D eigenvalue weighted by Gasteiger charge is 2.07. The molecule has 0 saturated heterocycles. The van der Waals surface area contributed by atoms with Gasteiger partial charge in [0.2, 0.25) is 0 Å². The van der Waals surface area contributed by atoms with E-state index >= 15 is 0 Å². The lowest BCUT2D eigenvalue weighted by Crippen LogP contribution is -2.25. The average molecular weight is 137 g/mol. The van der Waals surface area contributed by atoms with Crippen LogP contribution in [0.5, 0.6) is 0 Å². The first kappa shape index (κ1) is 7.39. The molecule has 1 nitrogen and oxygen atoms in total. The zero-order valence-electron chi connectivity index (χ0n) is 6.75. The summed E-state index contributed by atoms with van der Waals surface area (Å²) in [5.41, 5.74) is 0. The normalized spacial score (nSPS) is 23.8. The Morgan fingerprint density at radius 2 is 2.20 bits per heavy atom. The smallest absolute Gasteiger partial charge is 0.0467 e. The Morgan fingerprint density at radius 1 is 1.40 bits per heavy atom. The standard InChI is InChI=1S/C9H15N/c1-3-6-9-7-4-5-8-10(9)2/h4-5,7-9H,3,6H2,1-2H3. The number of hydrogen-bond donors (Lipinski definition) is 0. The molecule has 0 saturated carbocycles. The van der Waals surface area contributed by atoms with Gasteiger partial charge in [-0.3, -0.25) is 0 Å². The van der Waals surface area contributed by atoms with E-state index in [-0.39, 0.29) is 0 Å². The molecule has 0 N–H and O–H groups in total. The van der Waals surface area contributed by atoms with E-state index in [1.807, 2.05) is 0 Å². The highest BCUT2D eigenvalue weighted by atomic mass is 15.1. The first-order chi connectivity index (χ1) is 4.84. The molecule has 0 aromatic carbocycles. The third-order valence-electron chi connectivity index (χ3n) is 1.87. The van der Waals surface area contributed by atoms with Crippen molar-refractivity contribution in [2.75, 3.05) is 7.05 Å². The van der Waals surface area contributed by atoms with Crippen molar-refractivity contribution in [3.05, 3.63) is 24.4 Å². The minimum atomic E-state index is 0.634. The van der Waals surface area contributed by atoms with Gasteiger partial charge in [-0.1, -0.05) is 25.5 Å². The topological polar surface area (TPSA) is 3.24 Å². The molecule has 56 valence electrons. The third-order valence-corrected chi connectivity index (χ3v) is 1.87. The van der Waals surface area contributed by atoms with Crippen LogP contribution in [0, 0.1) is 0 Å². The summed E-state index contributed by atoms with van der Waals surface area (Å²) in [6.07, 6.45) is 11.1. The fourth-order valence-electron chi connectivity index (χ4n) is 1.22. The number of rotatable bonds is 2. The Morgan fingerprint density at radius 3 is 2.80 bits per heavy atom. The van der Waals surface area contributed by atoms with E-state index in [4.69, 9.17) is 0 Å². The molecule has 0 amide bonds. The predicted molar refractivity (Wildman–Crippen MR) is 44.7 cm³/mol. The molecule has 1 heterocycles. The molecule has 1 aliphatic rings. The number of hydrogen-bond acceptors (Lipinski definition) is 1. The maximum atomic E-state index is 2.25. The monoisotopic (exact) mass is 137 g/mol. The molecule has 0 fully saturated rings. The van der Waals surface area contributed by atoms with Crippen molar-refractivity contribution in [2.45, 2.75) is 25.8 Å². The fourth-order valence-corrected chi connectivity index (χ4v) is 1.22. The lowest BCUT2D eigenvalue weighted by atomic mass is 10.1. The van der Waals surface area contributed by atoms with Crippen LogP contribution < -0.4 is 0 Å². The summed E-state index contributed by atoms with van der Waals surface area (Å²) >= 11 is 0. The highest BCUT2D eigenvalue weighted by Crippen LogP contribution is 2.10. The van der Waals surface area contributed by atoms with Crippen LogP contribution in [-0.2, 0) is 0 Å². The number of nitrogens with zero attached hydrogens (tertiary/aromatic N) is 1. The molecule has 1 atom stereocenters. The largest absolute Gasteiger partial charge is 0.374 e. The van der Waals surface area contributed by atoms with Crippen LogP contribution in [-0.4, -0.2) is 18.0 Å². The van der Waals surface area contributed by atoms with Crippen LogP contribution in [0.4, 0.5) is 0 Å². The molecule has 1 unspecified atom stereocenters. The van der Waals surface area contributed by atoms with Crippen LogP contribution in [0.15, 0.2) is 24.4 Å². The van der Waals surface area contributed by atoms with E-state index in [0.29, 0.717) is 6.04 Å². The highest BCUT2D eigenvalue weighted by molar-refractivity contribution is 5.12. The van der Waals surface area contributed by atoms with Crippen molar-refractivity contribution in [1.82, 2.24) is 4.90 Å². The van der Waals surface area contributed by atoms with E-state index in [9.17, 15) is 0 Å². The second kappa shape index (κ2) is 3.45. The maximum Gasteiger partial charge on any atom is 0.0467 e. The van der Waals surface area contributed by atoms with Gasteiger partial charge < -0.3 is 4.90 Å². The van der Waals surface area contributed by atoms with Gasteiger partial charge in [0, 0.05) is 13.1 Å². The molecule has 10 heavy (non-hydrogen) atoms. The summed E-state index contributed by atoms with van der Waals surface area (Å²) < 4.78 is 0. The molecule has 1 heteroatoms. The van der Waals surface area contributed by atoms with E-state index in [0.717, 1.165) is 0 Å². The Labute approximate surface area is 63.0 Å². The van der Waals surface area contributed by atoms with Gasteiger partial charge in [-0.25, -0.2) is 0 Å². The molecule has 0 bridgehead atoms. The Hall–Kier alpha value is -0.720. The molecule has 1 rings (SSSR count). The predicted octanol–water partition coefficient (Wildman–Crippen LogP) is 2.17. The van der Waals surface area contributed by atoms with E-state index in [1.165, 1.54) is 12.8 Å². The minimum absolute atomic E-state index is 0.634. The summed E-state index contributed by atoms with van der Waals surface area (Å²) in [5, 5.41) is 0. The van der Waals surface area contributed by atoms with E-state index in [2.05, 4.69) is 43.3 Å². The zero-order chi connectivity index (χ0) is 7.40. The van der Waals surface area contributed by atoms with Crippen LogP contribution in [0.25, 0.3) is 0 Å². The van der Waals surface area contributed by atoms with Crippen molar-refractivity contribution in [3.63, 3.8) is 0 Å². The van der Waals surface area contributed by atoms with E-state index < -0.39 is 0 Å². The van der Waals surface area contributed by atoms with Gasteiger partial charge in [0.25, 0.3) is 0 Å². The van der Waals surface area contributed by atoms with Gasteiger partial charge in [-0.05, 0) is 18.7 Å². The Balaban J connectivity index is 2.44. The summed E-state index contributed by atoms with van der Waals surface area (Å²) in [5.74, 6) is 0. The molecular formula is C9H15N. The van der Waals surface area contributed by atoms with Crippen molar-refractivity contribution in [3.8, 4) is 0 Å². The summed E-state index contributed by atoms with van der Waals surface area (Å²) in [4.78, 5) is 2.25. The summed E-state index contributed by atoms with van der Waals surface area (Å²) in [6, 6.07) is 0.634. The quantitative estimate of drug-likeness (QED) is 0.564. The fraction of sp³-hybridized carbons (Fsp3) is 0.556. The van der Waals surface area contributed by atoms with Crippen LogP contribution in [0.2, 0.25) is 0 Å². The van der Waals surface area contributed by atoms with Gasteiger partial charge in [-0.15, -0.1) is 0 Å². The first-order valence-corrected chi connectivity index (χ1v) is 3.91. The average Bonchev–Trinajstić information content (AvgIpc) is 1.94. The van der Waals surface area contributed by atoms with Gasteiger partial charge in [0.15, 0.2) is 0 Å². The maximum absolute atomic E-state index is 2.25. The third kappa shape index (κ3) is 1.63. The lowest BCUT2D eigenvalue weighted by molar-refractivity contribution is 0.359.